The molecule has 1 rings (SSSR count). The van der Waals surface area contributed by atoms with Crippen molar-refractivity contribution in [1.29, 1.82) is 0 Å². The molecule has 0 amide bonds. The van der Waals surface area contributed by atoms with Crippen molar-refractivity contribution in [3.63, 3.8) is 0 Å². The average Bonchev–Trinajstić information content (AvgIpc) is 2.01. The van der Waals surface area contributed by atoms with Crippen molar-refractivity contribution in [2.24, 2.45) is 5.73 Å². The number of halogens is 2. The number of hydrogen-bond acceptors (Lipinski definition) is 1. The SMILES string of the molecule is C=C(C)C[C@@H](N)c1ccc(Cl)cc1Cl. The summed E-state index contributed by atoms with van der Waals surface area (Å²) in [5, 5.41) is 1.24. The summed E-state index contributed by atoms with van der Waals surface area (Å²) in [5.74, 6) is 0. The molecule has 1 aromatic rings. The van der Waals surface area contributed by atoms with Crippen molar-refractivity contribution >= 4 is 23.2 Å². The lowest BCUT2D eigenvalue weighted by Gasteiger charge is -2.13. The van der Waals surface area contributed by atoms with Crippen LogP contribution in [-0.2, 0) is 0 Å². The summed E-state index contributed by atoms with van der Waals surface area (Å²) in [7, 11) is 0. The number of benzene rings is 1. The van der Waals surface area contributed by atoms with E-state index in [9.17, 15) is 0 Å². The molecule has 0 aliphatic heterocycles. The molecule has 2 N–H and O–H groups in total. The van der Waals surface area contributed by atoms with Crippen LogP contribution in [-0.4, -0.2) is 0 Å². The van der Waals surface area contributed by atoms with Gasteiger partial charge in [0, 0.05) is 16.1 Å². The highest BCUT2D eigenvalue weighted by atomic mass is 35.5. The highest BCUT2D eigenvalue weighted by Gasteiger charge is 2.10. The fourth-order valence-corrected chi connectivity index (χ4v) is 1.84. The van der Waals surface area contributed by atoms with Crippen molar-refractivity contribution in [3.8, 4) is 0 Å². The summed E-state index contributed by atoms with van der Waals surface area (Å²) in [4.78, 5) is 0. The minimum absolute atomic E-state index is 0.0998. The Labute approximate surface area is 94.5 Å². The van der Waals surface area contributed by atoms with Crippen LogP contribution in [0.3, 0.4) is 0 Å². The van der Waals surface area contributed by atoms with Crippen LogP contribution >= 0.6 is 23.2 Å². The first-order valence-electron chi connectivity index (χ1n) is 4.35. The molecule has 1 atom stereocenters. The van der Waals surface area contributed by atoms with E-state index in [1.54, 1.807) is 12.1 Å². The van der Waals surface area contributed by atoms with Crippen molar-refractivity contribution in [2.45, 2.75) is 19.4 Å². The Morgan fingerprint density at radius 2 is 2.14 bits per heavy atom. The predicted octanol–water partition coefficient (Wildman–Crippen LogP) is 3.96. The van der Waals surface area contributed by atoms with Gasteiger partial charge in [0.1, 0.15) is 0 Å². The quantitative estimate of drug-likeness (QED) is 0.781. The molecular weight excluding hydrogens is 217 g/mol. The smallest absolute Gasteiger partial charge is 0.0468 e. The van der Waals surface area contributed by atoms with Crippen LogP contribution in [0, 0.1) is 0 Å². The number of hydrogen-bond donors (Lipinski definition) is 1. The topological polar surface area (TPSA) is 26.0 Å². The van der Waals surface area contributed by atoms with E-state index in [1.807, 2.05) is 13.0 Å². The molecule has 3 heteroatoms. The monoisotopic (exact) mass is 229 g/mol. The van der Waals surface area contributed by atoms with E-state index in [0.717, 1.165) is 17.6 Å². The van der Waals surface area contributed by atoms with Gasteiger partial charge in [0.05, 0.1) is 0 Å². The van der Waals surface area contributed by atoms with Gasteiger partial charge in [-0.3, -0.25) is 0 Å². The van der Waals surface area contributed by atoms with Gasteiger partial charge >= 0.3 is 0 Å². The van der Waals surface area contributed by atoms with Crippen molar-refractivity contribution in [3.05, 3.63) is 46.0 Å². The molecule has 0 radical (unpaired) electrons. The molecule has 1 aromatic carbocycles. The summed E-state index contributed by atoms with van der Waals surface area (Å²) in [6.07, 6.45) is 0.737. The lowest BCUT2D eigenvalue weighted by atomic mass is 10.0. The van der Waals surface area contributed by atoms with Gasteiger partial charge in [-0.15, -0.1) is 6.58 Å². The van der Waals surface area contributed by atoms with E-state index >= 15 is 0 Å². The molecule has 0 saturated heterocycles. The minimum Gasteiger partial charge on any atom is -0.324 e. The van der Waals surface area contributed by atoms with Crippen LogP contribution in [0.2, 0.25) is 10.0 Å². The Morgan fingerprint density at radius 1 is 1.50 bits per heavy atom. The molecule has 0 spiro atoms. The molecule has 0 aliphatic carbocycles. The van der Waals surface area contributed by atoms with E-state index < -0.39 is 0 Å². The molecule has 0 saturated carbocycles. The summed E-state index contributed by atoms with van der Waals surface area (Å²) in [5.41, 5.74) is 7.92. The third-order valence-electron chi connectivity index (χ3n) is 1.93. The number of nitrogens with two attached hydrogens (primary N) is 1. The first kappa shape index (κ1) is 11.6. The predicted molar refractivity (Wildman–Crippen MR) is 62.8 cm³/mol. The third kappa shape index (κ3) is 3.02. The lowest BCUT2D eigenvalue weighted by Crippen LogP contribution is -2.10. The molecule has 0 heterocycles. The second-order valence-corrected chi connectivity index (χ2v) is 4.28. The largest absolute Gasteiger partial charge is 0.324 e. The Balaban J connectivity index is 2.90. The zero-order chi connectivity index (χ0) is 10.7. The van der Waals surface area contributed by atoms with Crippen LogP contribution in [0.5, 0.6) is 0 Å². The number of rotatable bonds is 3. The normalized spacial score (nSPS) is 12.6. The summed E-state index contributed by atoms with van der Waals surface area (Å²) in [6.45, 7) is 5.77. The molecule has 0 fully saturated rings. The van der Waals surface area contributed by atoms with Crippen LogP contribution in [0.4, 0.5) is 0 Å². The zero-order valence-electron chi connectivity index (χ0n) is 8.06. The zero-order valence-corrected chi connectivity index (χ0v) is 9.57. The van der Waals surface area contributed by atoms with Gasteiger partial charge in [-0.25, -0.2) is 0 Å². The van der Waals surface area contributed by atoms with Crippen LogP contribution < -0.4 is 5.73 Å². The lowest BCUT2D eigenvalue weighted by molar-refractivity contribution is 0.717. The van der Waals surface area contributed by atoms with Gasteiger partial charge in [-0.05, 0) is 31.0 Å². The molecule has 76 valence electrons. The van der Waals surface area contributed by atoms with E-state index in [2.05, 4.69) is 6.58 Å². The highest BCUT2D eigenvalue weighted by molar-refractivity contribution is 6.35. The Bertz CT molecular complexity index is 347. The minimum atomic E-state index is -0.0998. The van der Waals surface area contributed by atoms with E-state index in [4.69, 9.17) is 28.9 Å². The van der Waals surface area contributed by atoms with Gasteiger partial charge in [0.15, 0.2) is 0 Å². The van der Waals surface area contributed by atoms with Crippen LogP contribution in [0.15, 0.2) is 30.4 Å². The van der Waals surface area contributed by atoms with Crippen molar-refractivity contribution in [1.82, 2.24) is 0 Å². The van der Waals surface area contributed by atoms with Crippen molar-refractivity contribution < 1.29 is 0 Å². The average molecular weight is 230 g/mol. The Hall–Kier alpha value is -0.500. The Morgan fingerprint density at radius 3 is 2.64 bits per heavy atom. The second-order valence-electron chi connectivity index (χ2n) is 3.43. The maximum Gasteiger partial charge on any atom is 0.0468 e. The fraction of sp³-hybridized carbons (Fsp3) is 0.273. The maximum atomic E-state index is 6.01. The second kappa shape index (κ2) is 4.83. The van der Waals surface area contributed by atoms with Gasteiger partial charge in [-0.1, -0.05) is 34.8 Å². The Kier molecular flexibility index (Phi) is 3.99. The molecule has 0 aromatic heterocycles. The van der Waals surface area contributed by atoms with E-state index in [-0.39, 0.29) is 6.04 Å². The van der Waals surface area contributed by atoms with E-state index in [1.165, 1.54) is 0 Å². The molecule has 0 unspecified atom stereocenters. The molecule has 0 aliphatic rings. The molecule has 1 nitrogen and oxygen atoms in total. The van der Waals surface area contributed by atoms with Gasteiger partial charge < -0.3 is 5.73 Å². The van der Waals surface area contributed by atoms with Gasteiger partial charge in [-0.2, -0.15) is 0 Å². The molecule has 14 heavy (non-hydrogen) atoms. The standard InChI is InChI=1S/C11H13Cl2N/c1-7(2)5-11(14)9-4-3-8(12)6-10(9)13/h3-4,6,11H,1,5,14H2,2H3/t11-/m1/s1. The van der Waals surface area contributed by atoms with Gasteiger partial charge in [0.25, 0.3) is 0 Å². The van der Waals surface area contributed by atoms with Crippen LogP contribution in [0.1, 0.15) is 24.9 Å². The molecular formula is C11H13Cl2N. The highest BCUT2D eigenvalue weighted by Crippen LogP contribution is 2.27. The summed E-state index contributed by atoms with van der Waals surface area (Å²) < 4.78 is 0. The first-order chi connectivity index (χ1) is 6.50. The third-order valence-corrected chi connectivity index (χ3v) is 2.49. The maximum absolute atomic E-state index is 6.01. The van der Waals surface area contributed by atoms with Gasteiger partial charge in [0.2, 0.25) is 0 Å². The van der Waals surface area contributed by atoms with Crippen LogP contribution in [0.25, 0.3) is 0 Å². The molecule has 0 bridgehead atoms. The fourth-order valence-electron chi connectivity index (χ4n) is 1.29. The summed E-state index contributed by atoms with van der Waals surface area (Å²) >= 11 is 11.8. The van der Waals surface area contributed by atoms with Crippen molar-refractivity contribution in [2.75, 3.05) is 0 Å². The summed E-state index contributed by atoms with van der Waals surface area (Å²) in [6, 6.07) is 5.26. The van der Waals surface area contributed by atoms with E-state index in [0.29, 0.717) is 10.0 Å². The first-order valence-corrected chi connectivity index (χ1v) is 5.11.